The number of nitrogens with zero attached hydrogens (tertiary/aromatic N) is 5. The third kappa shape index (κ3) is 5.48. The molecule has 3 atom stereocenters. The first kappa shape index (κ1) is 29.9. The van der Waals surface area contributed by atoms with Gasteiger partial charge in [0.1, 0.15) is 29.4 Å². The third-order valence-corrected chi connectivity index (χ3v) is 10.4. The number of fused-ring (bicyclic) bond motifs is 2. The highest BCUT2D eigenvalue weighted by molar-refractivity contribution is 6.32. The van der Waals surface area contributed by atoms with Gasteiger partial charge in [-0.3, -0.25) is 9.88 Å². The number of hydrogen-bond donors (Lipinski definition) is 1. The molecule has 1 aliphatic carbocycles. The Morgan fingerprint density at radius 3 is 2.55 bits per heavy atom. The summed E-state index contributed by atoms with van der Waals surface area (Å²) >= 11 is 6.81. The summed E-state index contributed by atoms with van der Waals surface area (Å²) in [6, 6.07) is 3.69. The first-order chi connectivity index (χ1) is 21.2. The molecule has 1 N–H and O–H groups in total. The smallest absolute Gasteiger partial charge is 0.319 e. The Hall–Kier alpha value is -2.79. The standard InChI is InChI=1S/C33H41ClFN5O4/c1-20-13-22(20)26-23(14-21(15-25(26)34)44-19-42-3)28-27(35)29-24(16-36-28)30(39-10-4-7-32(2,41)17-39)38-31(37-29)43-18-33-8-5-11-40(33)12-6-9-33/h14-16,20,22,41H,4-13,17-19H2,1-3H3/t20-,22+,32?/m0/s1. The Balaban J connectivity index is 1.34. The molecule has 4 fully saturated rings. The quantitative estimate of drug-likeness (QED) is 0.290. The summed E-state index contributed by atoms with van der Waals surface area (Å²) in [5.41, 5.74) is 0.868. The van der Waals surface area contributed by atoms with Gasteiger partial charge < -0.3 is 24.2 Å². The molecule has 1 saturated carbocycles. The van der Waals surface area contributed by atoms with Gasteiger partial charge in [0.25, 0.3) is 0 Å². The largest absolute Gasteiger partial charge is 0.467 e. The zero-order chi connectivity index (χ0) is 30.6. The van der Waals surface area contributed by atoms with Gasteiger partial charge in [0.15, 0.2) is 12.6 Å². The van der Waals surface area contributed by atoms with Crippen LogP contribution in [-0.4, -0.2) is 82.8 Å². The molecular formula is C33H41ClFN5O4. The van der Waals surface area contributed by atoms with Crippen molar-refractivity contribution in [2.75, 3.05) is 51.6 Å². The number of methoxy groups -OCH3 is 1. The summed E-state index contributed by atoms with van der Waals surface area (Å²) in [6.45, 7) is 7.71. The van der Waals surface area contributed by atoms with Gasteiger partial charge >= 0.3 is 6.01 Å². The second kappa shape index (κ2) is 11.5. The van der Waals surface area contributed by atoms with Crippen LogP contribution in [0.3, 0.4) is 0 Å². The van der Waals surface area contributed by atoms with E-state index in [1.807, 2.05) is 11.8 Å². The van der Waals surface area contributed by atoms with Gasteiger partial charge in [-0.1, -0.05) is 18.5 Å². The fraction of sp³-hybridized carbons (Fsp3) is 0.606. The average molecular weight is 626 g/mol. The molecule has 5 heterocycles. The molecular weight excluding hydrogens is 585 g/mol. The molecule has 7 rings (SSSR count). The maximum Gasteiger partial charge on any atom is 0.319 e. The van der Waals surface area contributed by atoms with Crippen molar-refractivity contribution >= 4 is 28.3 Å². The van der Waals surface area contributed by atoms with Crippen molar-refractivity contribution in [3.8, 4) is 23.0 Å². The molecule has 0 bridgehead atoms. The first-order valence-corrected chi connectivity index (χ1v) is 16.2. The SMILES string of the molecule is COCOc1cc(Cl)c([C@@H]2C[C@@H]2C)c(-c2ncc3c(N4CCCC(C)(O)C4)nc(OCC45CCCN4CCC5)nc3c2F)c1. The maximum absolute atomic E-state index is 16.9. The number of halogens is 2. The first-order valence-electron chi connectivity index (χ1n) is 15.8. The molecule has 3 saturated heterocycles. The van der Waals surface area contributed by atoms with E-state index < -0.39 is 11.4 Å². The van der Waals surface area contributed by atoms with Crippen LogP contribution >= 0.6 is 11.6 Å². The molecule has 11 heteroatoms. The summed E-state index contributed by atoms with van der Waals surface area (Å²) in [7, 11) is 1.54. The minimum Gasteiger partial charge on any atom is -0.467 e. The Bertz CT molecular complexity index is 1560. The number of aromatic nitrogens is 3. The molecule has 3 aliphatic heterocycles. The number of ether oxygens (including phenoxy) is 3. The van der Waals surface area contributed by atoms with Crippen LogP contribution in [0.4, 0.5) is 10.2 Å². The fourth-order valence-electron chi connectivity index (χ4n) is 7.68. The highest BCUT2D eigenvalue weighted by Gasteiger charge is 2.45. The number of piperidine rings is 1. The van der Waals surface area contributed by atoms with E-state index in [-0.39, 0.29) is 35.5 Å². The lowest BCUT2D eigenvalue weighted by Gasteiger charge is -2.38. The van der Waals surface area contributed by atoms with Crippen molar-refractivity contribution in [3.63, 3.8) is 0 Å². The topological polar surface area (TPSA) is 93.1 Å². The van der Waals surface area contributed by atoms with E-state index in [0.29, 0.717) is 59.6 Å². The number of rotatable bonds is 9. The predicted octanol–water partition coefficient (Wildman–Crippen LogP) is 5.95. The molecule has 44 heavy (non-hydrogen) atoms. The molecule has 0 amide bonds. The minimum atomic E-state index is -0.884. The van der Waals surface area contributed by atoms with Gasteiger partial charge in [0.05, 0.1) is 16.5 Å². The zero-order valence-corrected chi connectivity index (χ0v) is 26.5. The zero-order valence-electron chi connectivity index (χ0n) is 25.7. The summed E-state index contributed by atoms with van der Waals surface area (Å²) in [5, 5.41) is 11.9. The van der Waals surface area contributed by atoms with Crippen LogP contribution in [0.1, 0.15) is 70.3 Å². The molecule has 2 aromatic heterocycles. The van der Waals surface area contributed by atoms with E-state index >= 15 is 4.39 Å². The number of anilines is 1. The van der Waals surface area contributed by atoms with E-state index in [9.17, 15) is 5.11 Å². The minimum absolute atomic E-state index is 0.00945. The normalized spacial score (nSPS) is 26.3. The second-order valence-electron chi connectivity index (χ2n) is 13.5. The van der Waals surface area contributed by atoms with Gasteiger partial charge in [-0.25, -0.2) is 4.39 Å². The van der Waals surface area contributed by atoms with Gasteiger partial charge in [0.2, 0.25) is 0 Å². The van der Waals surface area contributed by atoms with Gasteiger partial charge in [0, 0.05) is 37.0 Å². The lowest BCUT2D eigenvalue weighted by molar-refractivity contribution is 0.0447. The molecule has 0 radical (unpaired) electrons. The maximum atomic E-state index is 16.9. The van der Waals surface area contributed by atoms with Crippen molar-refractivity contribution < 1.29 is 23.7 Å². The Kier molecular flexibility index (Phi) is 7.84. The van der Waals surface area contributed by atoms with E-state index in [4.69, 9.17) is 30.8 Å². The van der Waals surface area contributed by atoms with E-state index in [1.165, 1.54) is 0 Å². The van der Waals surface area contributed by atoms with E-state index in [1.54, 1.807) is 25.4 Å². The van der Waals surface area contributed by atoms with Crippen LogP contribution in [0.15, 0.2) is 18.3 Å². The molecule has 4 aliphatic rings. The molecule has 236 valence electrons. The molecule has 1 unspecified atom stereocenters. The van der Waals surface area contributed by atoms with Crippen molar-refractivity contribution in [2.24, 2.45) is 5.92 Å². The summed E-state index contributed by atoms with van der Waals surface area (Å²) in [4.78, 5) is 18.7. The van der Waals surface area contributed by atoms with Crippen molar-refractivity contribution in [1.29, 1.82) is 0 Å². The van der Waals surface area contributed by atoms with Gasteiger partial charge in [-0.15, -0.1) is 0 Å². The van der Waals surface area contributed by atoms with Crippen LogP contribution in [0, 0.1) is 11.7 Å². The highest BCUT2D eigenvalue weighted by Crippen LogP contribution is 2.53. The van der Waals surface area contributed by atoms with Crippen molar-refractivity contribution in [3.05, 3.63) is 34.7 Å². The highest BCUT2D eigenvalue weighted by atomic mass is 35.5. The molecule has 1 aromatic carbocycles. The van der Waals surface area contributed by atoms with Crippen molar-refractivity contribution in [1.82, 2.24) is 19.9 Å². The van der Waals surface area contributed by atoms with Crippen molar-refractivity contribution in [2.45, 2.75) is 75.9 Å². The van der Waals surface area contributed by atoms with E-state index in [0.717, 1.165) is 57.2 Å². The summed E-state index contributed by atoms with van der Waals surface area (Å²) in [6.07, 6.45) is 8.55. The molecule has 9 nitrogen and oxygen atoms in total. The monoisotopic (exact) mass is 625 g/mol. The van der Waals surface area contributed by atoms with Crippen LogP contribution in [-0.2, 0) is 4.74 Å². The van der Waals surface area contributed by atoms with Crippen LogP contribution in [0.2, 0.25) is 5.02 Å². The average Bonchev–Trinajstić information content (AvgIpc) is 3.37. The number of β-amino-alcohol motifs (C(OH)–C–C–N with tert-alkyl or cyclic N) is 1. The van der Waals surface area contributed by atoms with Gasteiger partial charge in [-0.05, 0) is 94.5 Å². The number of benzene rings is 1. The number of aliphatic hydroxyl groups is 1. The fourth-order valence-corrected chi connectivity index (χ4v) is 8.03. The Morgan fingerprint density at radius 1 is 1.09 bits per heavy atom. The number of hydrogen-bond acceptors (Lipinski definition) is 9. The molecule has 3 aromatic rings. The predicted molar refractivity (Wildman–Crippen MR) is 167 cm³/mol. The van der Waals surface area contributed by atoms with Crippen LogP contribution in [0.25, 0.3) is 22.2 Å². The lowest BCUT2D eigenvalue weighted by atomic mass is 9.95. The van der Waals surface area contributed by atoms with Gasteiger partial charge in [-0.2, -0.15) is 9.97 Å². The third-order valence-electron chi connectivity index (χ3n) is 10.1. The second-order valence-corrected chi connectivity index (χ2v) is 13.9. The Morgan fingerprint density at radius 2 is 1.84 bits per heavy atom. The summed E-state index contributed by atoms with van der Waals surface area (Å²) < 4.78 is 34.0. The summed E-state index contributed by atoms with van der Waals surface area (Å²) in [5.74, 6) is 1.09. The van der Waals surface area contributed by atoms with Crippen LogP contribution < -0.4 is 14.4 Å². The Labute approximate surface area is 262 Å². The molecule has 0 spiro atoms. The van der Waals surface area contributed by atoms with E-state index in [2.05, 4.69) is 21.8 Å². The lowest BCUT2D eigenvalue weighted by Crippen LogP contribution is -2.46. The number of pyridine rings is 1. The van der Waals surface area contributed by atoms with Crippen LogP contribution in [0.5, 0.6) is 11.8 Å².